The molecule has 1 saturated carbocycles. The van der Waals surface area contributed by atoms with Crippen LogP contribution in [0.3, 0.4) is 0 Å². The minimum Gasteiger partial charge on any atom is -0.480 e. The largest absolute Gasteiger partial charge is 0.480 e. The molecular weight excluding hydrogens is 268 g/mol. The predicted molar refractivity (Wildman–Crippen MR) is 68.2 cm³/mol. The number of methoxy groups -OCH3 is 2. The highest BCUT2D eigenvalue weighted by Gasteiger charge is 2.31. The van der Waals surface area contributed by atoms with E-state index in [0.717, 1.165) is 0 Å². The molecule has 0 bridgehead atoms. The van der Waals surface area contributed by atoms with Gasteiger partial charge in [0.1, 0.15) is 6.04 Å². The van der Waals surface area contributed by atoms with Crippen molar-refractivity contribution >= 4 is 18.0 Å². The number of hydrogen-bond acceptors (Lipinski definition) is 5. The third-order valence-corrected chi connectivity index (χ3v) is 3.23. The quantitative estimate of drug-likeness (QED) is 0.562. The standard InChI is InChI=1S/C12H20N2O6/c1-19-8-5-7(6-8)13-12(18)14-9(11(16)17)3-4-10(15)20-2/h7-9H,3-6H2,1-2H3,(H,16,17)(H2,13,14,18)/t7?,8?,9-/m1/s1. The van der Waals surface area contributed by atoms with Gasteiger partial charge in [-0.25, -0.2) is 9.59 Å². The average Bonchev–Trinajstić information content (AvgIpc) is 2.37. The molecule has 114 valence electrons. The summed E-state index contributed by atoms with van der Waals surface area (Å²) in [7, 11) is 2.83. The van der Waals surface area contributed by atoms with Crippen LogP contribution < -0.4 is 10.6 Å². The summed E-state index contributed by atoms with van der Waals surface area (Å²) < 4.78 is 9.50. The number of carbonyl (C=O) groups excluding carboxylic acids is 2. The molecule has 8 heteroatoms. The number of rotatable bonds is 7. The summed E-state index contributed by atoms with van der Waals surface area (Å²) in [6, 6.07) is -1.68. The Bertz CT molecular complexity index is 367. The van der Waals surface area contributed by atoms with Crippen LogP contribution in [0.25, 0.3) is 0 Å². The van der Waals surface area contributed by atoms with E-state index in [2.05, 4.69) is 15.4 Å². The van der Waals surface area contributed by atoms with E-state index in [9.17, 15) is 14.4 Å². The predicted octanol–water partition coefficient (Wildman–Crippen LogP) is -0.131. The van der Waals surface area contributed by atoms with Crippen molar-refractivity contribution in [3.8, 4) is 0 Å². The number of aliphatic carboxylic acids is 1. The highest BCUT2D eigenvalue weighted by atomic mass is 16.5. The van der Waals surface area contributed by atoms with Crippen LogP contribution in [-0.2, 0) is 19.1 Å². The molecule has 0 aromatic carbocycles. The normalized spacial score (nSPS) is 22.3. The summed E-state index contributed by atoms with van der Waals surface area (Å²) in [5, 5.41) is 14.0. The number of urea groups is 1. The molecule has 0 radical (unpaired) electrons. The first-order valence-electron chi connectivity index (χ1n) is 6.35. The van der Waals surface area contributed by atoms with E-state index in [0.29, 0.717) is 12.8 Å². The zero-order chi connectivity index (χ0) is 15.1. The second kappa shape index (κ2) is 7.68. The summed E-state index contributed by atoms with van der Waals surface area (Å²) in [6.45, 7) is 0. The van der Waals surface area contributed by atoms with Crippen LogP contribution in [0.1, 0.15) is 25.7 Å². The number of nitrogens with one attached hydrogen (secondary N) is 2. The van der Waals surface area contributed by atoms with Crippen molar-refractivity contribution in [2.24, 2.45) is 0 Å². The van der Waals surface area contributed by atoms with Gasteiger partial charge in [0.25, 0.3) is 0 Å². The molecule has 1 atom stereocenters. The number of hydrogen-bond donors (Lipinski definition) is 3. The number of carboxylic acids is 1. The van der Waals surface area contributed by atoms with Crippen molar-refractivity contribution in [2.75, 3.05) is 14.2 Å². The van der Waals surface area contributed by atoms with Gasteiger partial charge < -0.3 is 25.2 Å². The van der Waals surface area contributed by atoms with E-state index in [1.807, 2.05) is 0 Å². The topological polar surface area (TPSA) is 114 Å². The van der Waals surface area contributed by atoms with Crippen molar-refractivity contribution in [1.82, 2.24) is 10.6 Å². The van der Waals surface area contributed by atoms with Crippen LogP contribution >= 0.6 is 0 Å². The molecule has 1 fully saturated rings. The first kappa shape index (κ1) is 16.2. The van der Waals surface area contributed by atoms with Gasteiger partial charge in [-0.05, 0) is 19.3 Å². The Balaban J connectivity index is 2.32. The Morgan fingerprint density at radius 3 is 2.45 bits per heavy atom. The Labute approximate surface area is 116 Å². The lowest BCUT2D eigenvalue weighted by atomic mass is 9.89. The molecule has 2 amide bonds. The number of esters is 1. The fourth-order valence-corrected chi connectivity index (χ4v) is 1.88. The van der Waals surface area contributed by atoms with Crippen LogP contribution in [0, 0.1) is 0 Å². The number of carboxylic acid groups (broad SMARTS) is 1. The molecule has 0 aliphatic heterocycles. The van der Waals surface area contributed by atoms with Crippen LogP contribution in [-0.4, -0.2) is 55.5 Å². The van der Waals surface area contributed by atoms with Crippen LogP contribution in [0.4, 0.5) is 4.79 Å². The van der Waals surface area contributed by atoms with Gasteiger partial charge in [-0.15, -0.1) is 0 Å². The van der Waals surface area contributed by atoms with Gasteiger partial charge in [-0.3, -0.25) is 4.79 Å². The molecule has 1 aliphatic carbocycles. The van der Waals surface area contributed by atoms with Gasteiger partial charge in [0, 0.05) is 19.6 Å². The Kier molecular flexibility index (Phi) is 6.23. The summed E-state index contributed by atoms with van der Waals surface area (Å²) in [5.74, 6) is -1.70. The monoisotopic (exact) mass is 288 g/mol. The molecule has 0 aromatic rings. The van der Waals surface area contributed by atoms with E-state index < -0.39 is 24.0 Å². The molecule has 1 aliphatic rings. The maximum absolute atomic E-state index is 11.6. The second-order valence-corrected chi connectivity index (χ2v) is 4.65. The molecule has 1 rings (SSSR count). The van der Waals surface area contributed by atoms with E-state index in [1.54, 1.807) is 7.11 Å². The zero-order valence-corrected chi connectivity index (χ0v) is 11.5. The molecule has 0 unspecified atom stereocenters. The van der Waals surface area contributed by atoms with Crippen LogP contribution in [0.2, 0.25) is 0 Å². The van der Waals surface area contributed by atoms with Gasteiger partial charge in [0.2, 0.25) is 0 Å². The van der Waals surface area contributed by atoms with Gasteiger partial charge in [-0.1, -0.05) is 0 Å². The summed E-state index contributed by atoms with van der Waals surface area (Å²) >= 11 is 0. The molecular formula is C12H20N2O6. The van der Waals surface area contributed by atoms with Gasteiger partial charge in [0.05, 0.1) is 13.2 Å². The molecule has 0 saturated heterocycles. The zero-order valence-electron chi connectivity index (χ0n) is 11.5. The fraction of sp³-hybridized carbons (Fsp3) is 0.750. The van der Waals surface area contributed by atoms with Crippen molar-refractivity contribution in [1.29, 1.82) is 0 Å². The first-order chi connectivity index (χ1) is 9.46. The minimum absolute atomic E-state index is 0.00463. The summed E-state index contributed by atoms with van der Waals surface area (Å²) in [5.41, 5.74) is 0. The SMILES string of the molecule is COC(=O)CC[C@@H](NC(=O)NC1CC(OC)C1)C(=O)O. The molecule has 0 heterocycles. The van der Waals surface area contributed by atoms with Crippen molar-refractivity contribution in [3.63, 3.8) is 0 Å². The van der Waals surface area contributed by atoms with E-state index in [1.165, 1.54) is 7.11 Å². The number of carbonyl (C=O) groups is 3. The van der Waals surface area contributed by atoms with Gasteiger partial charge in [0.15, 0.2) is 0 Å². The molecule has 8 nitrogen and oxygen atoms in total. The number of ether oxygens (including phenoxy) is 2. The van der Waals surface area contributed by atoms with Crippen molar-refractivity contribution in [3.05, 3.63) is 0 Å². The second-order valence-electron chi connectivity index (χ2n) is 4.65. The lowest BCUT2D eigenvalue weighted by Gasteiger charge is -2.34. The van der Waals surface area contributed by atoms with Crippen molar-refractivity contribution in [2.45, 2.75) is 43.9 Å². The van der Waals surface area contributed by atoms with E-state index >= 15 is 0 Å². The summed E-state index contributed by atoms with van der Waals surface area (Å²) in [4.78, 5) is 33.6. The third kappa shape index (κ3) is 5.04. The van der Waals surface area contributed by atoms with Crippen LogP contribution in [0.15, 0.2) is 0 Å². The van der Waals surface area contributed by atoms with E-state index in [-0.39, 0.29) is 25.0 Å². The maximum atomic E-state index is 11.6. The minimum atomic E-state index is -1.19. The third-order valence-electron chi connectivity index (χ3n) is 3.23. The fourth-order valence-electron chi connectivity index (χ4n) is 1.88. The smallest absolute Gasteiger partial charge is 0.326 e. The average molecular weight is 288 g/mol. The lowest BCUT2D eigenvalue weighted by Crippen LogP contribution is -2.53. The highest BCUT2D eigenvalue weighted by molar-refractivity contribution is 5.83. The Morgan fingerprint density at radius 1 is 1.30 bits per heavy atom. The van der Waals surface area contributed by atoms with Crippen molar-refractivity contribution < 1.29 is 29.0 Å². The van der Waals surface area contributed by atoms with Crippen LogP contribution in [0.5, 0.6) is 0 Å². The maximum Gasteiger partial charge on any atom is 0.326 e. The number of amides is 2. The summed E-state index contributed by atoms with van der Waals surface area (Å²) in [6.07, 6.45) is 1.49. The highest BCUT2D eigenvalue weighted by Crippen LogP contribution is 2.22. The van der Waals surface area contributed by atoms with E-state index in [4.69, 9.17) is 9.84 Å². The molecule has 20 heavy (non-hydrogen) atoms. The lowest BCUT2D eigenvalue weighted by molar-refractivity contribution is -0.142. The molecule has 3 N–H and O–H groups in total. The Hall–Kier alpha value is -1.83. The first-order valence-corrected chi connectivity index (χ1v) is 6.35. The molecule has 0 aromatic heterocycles. The van der Waals surface area contributed by atoms with Gasteiger partial charge >= 0.3 is 18.0 Å². The molecule has 0 spiro atoms. The van der Waals surface area contributed by atoms with Gasteiger partial charge in [-0.2, -0.15) is 0 Å². The Morgan fingerprint density at radius 2 is 1.95 bits per heavy atom.